The van der Waals surface area contributed by atoms with E-state index < -0.39 is 10.8 Å². The molecule has 6 heteroatoms. The molecule has 0 aliphatic rings. The molecule has 0 saturated heterocycles. The van der Waals surface area contributed by atoms with Crippen molar-refractivity contribution in [1.29, 1.82) is 5.26 Å². The van der Waals surface area contributed by atoms with Gasteiger partial charge in [-0.15, -0.1) is 0 Å². The number of nitriles is 1. The van der Waals surface area contributed by atoms with Gasteiger partial charge in [0, 0.05) is 18.2 Å². The SMILES string of the molecule is Cc1cccc(C(=O)N(CCC#N)C(C)C)c1[N+](=O)[O-]. The molecular formula is C14H17N3O3. The van der Waals surface area contributed by atoms with Gasteiger partial charge in [0.15, 0.2) is 0 Å². The molecule has 0 aliphatic carbocycles. The zero-order chi connectivity index (χ0) is 15.3. The quantitative estimate of drug-likeness (QED) is 0.610. The molecule has 1 amide bonds. The number of nitro benzene ring substituents is 1. The van der Waals surface area contributed by atoms with Crippen molar-refractivity contribution >= 4 is 11.6 Å². The fraction of sp³-hybridized carbons (Fsp3) is 0.429. The van der Waals surface area contributed by atoms with Gasteiger partial charge in [-0.25, -0.2) is 0 Å². The highest BCUT2D eigenvalue weighted by molar-refractivity contribution is 5.98. The maximum atomic E-state index is 12.5. The van der Waals surface area contributed by atoms with Crippen LogP contribution in [0.25, 0.3) is 0 Å². The molecule has 0 heterocycles. The zero-order valence-corrected chi connectivity index (χ0v) is 11.8. The maximum absolute atomic E-state index is 12.5. The summed E-state index contributed by atoms with van der Waals surface area (Å²) < 4.78 is 0. The van der Waals surface area contributed by atoms with Gasteiger partial charge in [-0.2, -0.15) is 5.26 Å². The van der Waals surface area contributed by atoms with Crippen LogP contribution >= 0.6 is 0 Å². The average Bonchev–Trinajstić information content (AvgIpc) is 2.37. The topological polar surface area (TPSA) is 87.2 Å². The number of rotatable bonds is 5. The highest BCUT2D eigenvalue weighted by Crippen LogP contribution is 2.25. The molecule has 1 aromatic carbocycles. The van der Waals surface area contributed by atoms with Crippen LogP contribution in [0.4, 0.5) is 5.69 Å². The summed E-state index contributed by atoms with van der Waals surface area (Å²) in [6.45, 7) is 5.50. The molecule has 0 bridgehead atoms. The summed E-state index contributed by atoms with van der Waals surface area (Å²) in [7, 11) is 0. The summed E-state index contributed by atoms with van der Waals surface area (Å²) in [5, 5.41) is 19.8. The minimum atomic E-state index is -0.536. The molecule has 0 radical (unpaired) electrons. The number of aryl methyl sites for hydroxylation is 1. The molecule has 106 valence electrons. The van der Waals surface area contributed by atoms with Crippen LogP contribution in [0.2, 0.25) is 0 Å². The standard InChI is InChI=1S/C14H17N3O3/c1-10(2)16(9-5-8-15)14(18)12-7-4-6-11(3)13(12)17(19)20/h4,6-7,10H,5,9H2,1-3H3. The highest BCUT2D eigenvalue weighted by atomic mass is 16.6. The Bertz CT molecular complexity index is 561. The second-order valence-electron chi connectivity index (χ2n) is 4.73. The fourth-order valence-electron chi connectivity index (χ4n) is 1.99. The molecule has 0 aromatic heterocycles. The van der Waals surface area contributed by atoms with Crippen molar-refractivity contribution in [2.24, 2.45) is 0 Å². The van der Waals surface area contributed by atoms with E-state index in [-0.39, 0.29) is 30.3 Å². The number of hydrogen-bond donors (Lipinski definition) is 0. The third-order valence-electron chi connectivity index (χ3n) is 3.00. The van der Waals surface area contributed by atoms with Crippen molar-refractivity contribution in [1.82, 2.24) is 4.90 Å². The van der Waals surface area contributed by atoms with Crippen molar-refractivity contribution in [2.45, 2.75) is 33.2 Å². The molecule has 1 rings (SSSR count). The molecule has 0 N–H and O–H groups in total. The van der Waals surface area contributed by atoms with Crippen LogP contribution in [0.1, 0.15) is 36.2 Å². The van der Waals surface area contributed by atoms with Crippen molar-refractivity contribution < 1.29 is 9.72 Å². The minimum absolute atomic E-state index is 0.0710. The monoisotopic (exact) mass is 275 g/mol. The van der Waals surface area contributed by atoms with E-state index in [4.69, 9.17) is 5.26 Å². The Labute approximate surface area is 117 Å². The third kappa shape index (κ3) is 3.32. The molecule has 0 saturated carbocycles. The number of carbonyl (C=O) groups is 1. The van der Waals surface area contributed by atoms with Gasteiger partial charge in [0.2, 0.25) is 0 Å². The maximum Gasteiger partial charge on any atom is 0.285 e. The van der Waals surface area contributed by atoms with Crippen molar-refractivity contribution in [3.05, 3.63) is 39.4 Å². The number of carbonyl (C=O) groups excluding carboxylic acids is 1. The predicted octanol–water partition coefficient (Wildman–Crippen LogP) is 2.67. The van der Waals surface area contributed by atoms with Gasteiger partial charge in [0.25, 0.3) is 11.6 Å². The van der Waals surface area contributed by atoms with Gasteiger partial charge < -0.3 is 4.90 Å². The largest absolute Gasteiger partial charge is 0.335 e. The smallest absolute Gasteiger partial charge is 0.285 e. The Morgan fingerprint density at radius 3 is 2.65 bits per heavy atom. The molecule has 20 heavy (non-hydrogen) atoms. The lowest BCUT2D eigenvalue weighted by Crippen LogP contribution is -2.38. The molecule has 0 aliphatic heterocycles. The van der Waals surface area contributed by atoms with E-state index in [1.54, 1.807) is 19.1 Å². The summed E-state index contributed by atoms with van der Waals surface area (Å²) in [6, 6.07) is 6.53. The lowest BCUT2D eigenvalue weighted by atomic mass is 10.1. The van der Waals surface area contributed by atoms with Gasteiger partial charge in [-0.05, 0) is 26.8 Å². The van der Waals surface area contributed by atoms with E-state index in [1.165, 1.54) is 11.0 Å². The zero-order valence-electron chi connectivity index (χ0n) is 11.8. The summed E-state index contributed by atoms with van der Waals surface area (Å²) in [5.74, 6) is -0.411. The average molecular weight is 275 g/mol. The lowest BCUT2D eigenvalue weighted by molar-refractivity contribution is -0.385. The van der Waals surface area contributed by atoms with Gasteiger partial charge in [-0.3, -0.25) is 14.9 Å². The first kappa shape index (κ1) is 15.6. The molecule has 1 aromatic rings. The predicted molar refractivity (Wildman–Crippen MR) is 74.2 cm³/mol. The minimum Gasteiger partial charge on any atom is -0.335 e. The van der Waals surface area contributed by atoms with E-state index in [0.717, 1.165) is 0 Å². The lowest BCUT2D eigenvalue weighted by Gasteiger charge is -2.25. The number of nitro groups is 1. The summed E-state index contributed by atoms with van der Waals surface area (Å²) >= 11 is 0. The second kappa shape index (κ2) is 6.66. The Balaban J connectivity index is 3.22. The van der Waals surface area contributed by atoms with Crippen LogP contribution in [-0.2, 0) is 0 Å². The second-order valence-corrected chi connectivity index (χ2v) is 4.73. The van der Waals surface area contributed by atoms with E-state index in [0.29, 0.717) is 5.56 Å². The number of para-hydroxylation sites is 1. The van der Waals surface area contributed by atoms with E-state index in [2.05, 4.69) is 0 Å². The van der Waals surface area contributed by atoms with Crippen molar-refractivity contribution in [3.63, 3.8) is 0 Å². The Morgan fingerprint density at radius 1 is 1.50 bits per heavy atom. The Morgan fingerprint density at radius 2 is 2.15 bits per heavy atom. The first-order valence-electron chi connectivity index (χ1n) is 6.32. The summed E-state index contributed by atoms with van der Waals surface area (Å²) in [6.07, 6.45) is 0.198. The van der Waals surface area contributed by atoms with Gasteiger partial charge >= 0.3 is 0 Å². The molecule has 6 nitrogen and oxygen atoms in total. The van der Waals surface area contributed by atoms with Crippen LogP contribution in [-0.4, -0.2) is 28.3 Å². The van der Waals surface area contributed by atoms with Crippen LogP contribution in [0.15, 0.2) is 18.2 Å². The Kier molecular flexibility index (Phi) is 5.21. The van der Waals surface area contributed by atoms with Gasteiger partial charge in [0.1, 0.15) is 5.56 Å². The van der Waals surface area contributed by atoms with E-state index in [9.17, 15) is 14.9 Å². The van der Waals surface area contributed by atoms with Gasteiger partial charge in [0.05, 0.1) is 17.4 Å². The molecule has 0 fully saturated rings. The van der Waals surface area contributed by atoms with Gasteiger partial charge in [-0.1, -0.05) is 12.1 Å². The first-order chi connectivity index (χ1) is 9.40. The van der Waals surface area contributed by atoms with Crippen LogP contribution < -0.4 is 0 Å². The number of amides is 1. The van der Waals surface area contributed by atoms with E-state index >= 15 is 0 Å². The van der Waals surface area contributed by atoms with Crippen LogP contribution in [0, 0.1) is 28.4 Å². The Hall–Kier alpha value is -2.42. The van der Waals surface area contributed by atoms with Crippen molar-refractivity contribution in [2.75, 3.05) is 6.54 Å². The molecule has 0 unspecified atom stereocenters. The van der Waals surface area contributed by atoms with E-state index in [1.807, 2.05) is 19.9 Å². The molecule has 0 atom stereocenters. The summed E-state index contributed by atoms with van der Waals surface area (Å²) in [5.41, 5.74) is 0.353. The number of hydrogen-bond acceptors (Lipinski definition) is 4. The molecular weight excluding hydrogens is 258 g/mol. The van der Waals surface area contributed by atoms with Crippen LogP contribution in [0.5, 0.6) is 0 Å². The van der Waals surface area contributed by atoms with Crippen LogP contribution in [0.3, 0.4) is 0 Å². The molecule has 0 spiro atoms. The number of nitrogens with zero attached hydrogens (tertiary/aromatic N) is 3. The summed E-state index contributed by atoms with van der Waals surface area (Å²) in [4.78, 5) is 24.6. The highest BCUT2D eigenvalue weighted by Gasteiger charge is 2.27. The fourth-order valence-corrected chi connectivity index (χ4v) is 1.99. The normalized spacial score (nSPS) is 10.2. The van der Waals surface area contributed by atoms with Crippen molar-refractivity contribution in [3.8, 4) is 6.07 Å². The number of benzene rings is 1. The first-order valence-corrected chi connectivity index (χ1v) is 6.32. The third-order valence-corrected chi connectivity index (χ3v) is 3.00.